The van der Waals surface area contributed by atoms with Gasteiger partial charge in [0.15, 0.2) is 56.1 Å². The fourth-order valence-corrected chi connectivity index (χ4v) is 11.9. The molecule has 3 amide bonds. The summed E-state index contributed by atoms with van der Waals surface area (Å²) in [5.41, 5.74) is 0. The van der Waals surface area contributed by atoms with E-state index in [9.17, 15) is 139 Å². The van der Waals surface area contributed by atoms with Gasteiger partial charge in [-0.05, 0) is 0 Å². The highest BCUT2D eigenvalue weighted by atomic mass is 32.3. The van der Waals surface area contributed by atoms with E-state index in [4.69, 9.17) is 56.3 Å². The highest BCUT2D eigenvalue weighted by Crippen LogP contribution is 2.39. The van der Waals surface area contributed by atoms with Crippen molar-refractivity contribution in [2.75, 3.05) is 19.8 Å². The summed E-state index contributed by atoms with van der Waals surface area (Å²) < 4.78 is 176. The molecule has 91 heavy (non-hydrogen) atoms. The lowest BCUT2D eigenvalue weighted by Crippen LogP contribution is -2.72. The summed E-state index contributed by atoms with van der Waals surface area (Å²) in [6, 6.07) is -6.74. The molecule has 0 radical (unpaired) electrons. The molecule has 6 heterocycles. The van der Waals surface area contributed by atoms with Crippen molar-refractivity contribution in [2.24, 2.45) is 0 Å². The molecule has 6 saturated heterocycles. The Balaban J connectivity index is 1.34. The van der Waals surface area contributed by atoms with Crippen LogP contribution in [0.15, 0.2) is 0 Å². The predicted octanol–water partition coefficient (Wildman–Crippen LogP) is -13.9. The maximum Gasteiger partial charge on any atom is 0.397 e. The van der Waals surface area contributed by atoms with Crippen molar-refractivity contribution in [3.63, 3.8) is 0 Å². The minimum absolute atomic E-state index is 0.716. The van der Waals surface area contributed by atoms with Crippen molar-refractivity contribution in [1.29, 1.82) is 0 Å². The van der Waals surface area contributed by atoms with Crippen LogP contribution in [-0.2, 0) is 125 Å². The number of amides is 3. The van der Waals surface area contributed by atoms with E-state index in [1.54, 1.807) is 0 Å². The van der Waals surface area contributed by atoms with E-state index in [0.29, 0.717) is 6.92 Å². The standard InChI is InChI=1S/C42H65N3O43S3/c1-7(49)43-13-16(52)23(86-89(66,67)68)10(4-46)75-38(13)81-29-18(54)21(57)41(84-32(29)35(61)62)80-27-15(45-9(3)51)40(77-12(6-48)25(27)88-91(72,73)74)83-30-19(55)22(58)42(85-33(30)36(63)64)79-26-14(44-8(2)50)39(76-11(5-47)24(26)87-90(69,70)71)82-28-17(53)20(56)37(65)78-31(28)34(59)60/h10-33,37-42,46-48,52-58,65H,4-6H2,1-3H3,(H,43,49)(H,44,50)(H,45,51)(H,59,60)(H,61,62)(H,63,64)(H,66,67,68)(H,69,70,71)(H,72,73,74)/t10-,11-,12-,13-,14-,15-,16-,17-,18-,19-,20-,21-,22-,23+,24+,25+,26-,27-,28+,29+,30+,31+,32+,33+,37-,38+,39+,40+,41-,42-/m1/s1. The van der Waals surface area contributed by atoms with Gasteiger partial charge in [-0.3, -0.25) is 28.0 Å². The second-order valence-electron chi connectivity index (χ2n) is 20.6. The Morgan fingerprint density at radius 3 is 0.934 bits per heavy atom. The van der Waals surface area contributed by atoms with Gasteiger partial charge in [0.05, 0.1) is 19.8 Å². The van der Waals surface area contributed by atoms with Gasteiger partial charge in [0.25, 0.3) is 0 Å². The molecule has 49 heteroatoms. The second-order valence-corrected chi connectivity index (χ2v) is 23.7. The topological polar surface area (TPSA) is 714 Å². The Morgan fingerprint density at radius 1 is 0.352 bits per heavy atom. The first-order valence-corrected chi connectivity index (χ1v) is 30.2. The van der Waals surface area contributed by atoms with Gasteiger partial charge < -0.3 is 140 Å². The number of carbonyl (C=O) groups excluding carboxylic acids is 3. The van der Waals surface area contributed by atoms with Crippen LogP contribution in [0.3, 0.4) is 0 Å². The van der Waals surface area contributed by atoms with E-state index < -0.39 is 271 Å². The van der Waals surface area contributed by atoms with Crippen LogP contribution in [0.5, 0.6) is 0 Å². The third-order valence-corrected chi connectivity index (χ3v) is 15.5. The van der Waals surface area contributed by atoms with Crippen LogP contribution in [-0.4, -0.2) is 350 Å². The van der Waals surface area contributed by atoms with Crippen LogP contribution < -0.4 is 16.0 Å². The van der Waals surface area contributed by atoms with Gasteiger partial charge in [-0.2, -0.15) is 25.3 Å². The lowest BCUT2D eigenvalue weighted by Gasteiger charge is -2.51. The number of ether oxygens (including phenoxy) is 11. The molecule has 46 nitrogen and oxygen atoms in total. The lowest BCUT2D eigenvalue weighted by atomic mass is 9.93. The predicted molar refractivity (Wildman–Crippen MR) is 267 cm³/mol. The molecule has 0 bridgehead atoms. The molecule has 0 aromatic rings. The molecular weight excluding hydrogens is 1330 g/mol. The van der Waals surface area contributed by atoms with Gasteiger partial charge in [-0.1, -0.05) is 0 Å². The van der Waals surface area contributed by atoms with E-state index in [1.807, 2.05) is 0 Å². The van der Waals surface area contributed by atoms with E-state index in [-0.39, 0.29) is 0 Å². The van der Waals surface area contributed by atoms with Gasteiger partial charge in [0, 0.05) is 20.8 Å². The molecule has 0 aromatic carbocycles. The molecule has 30 atom stereocenters. The molecule has 0 aliphatic carbocycles. The summed E-state index contributed by atoms with van der Waals surface area (Å²) >= 11 is 0. The number of aliphatic carboxylic acids is 3. The van der Waals surface area contributed by atoms with Crippen molar-refractivity contribution in [1.82, 2.24) is 16.0 Å². The average molecular weight is 1400 g/mol. The molecular formula is C42H65N3O43S3. The number of hydrogen-bond donors (Lipinski definition) is 20. The SMILES string of the molecule is CC(=O)N[C@H]1[C@H](O[C@H]2[C@H](O)[C@@H](O)[C@H](O[C@@H]3[C@@H](NC(C)=O)[C@H](O[C@H]4[C@H](O)[C@@H](O)[C@H](O[C@@H]5[C@@H](NC(C)=O)[C@H](O[C@H]6[C@H](O)[C@@H](O)[C@H](O)O[C@@H]6C(=O)O)O[C@H](CO)[C@@H]5OS(=O)(=O)O)O[C@@H]4C(=O)O)O[C@H](CO)[C@@H]3OS(=O)(=O)O)O[C@@H]2C(=O)O)O[C@H](CO)[C@H](OS(=O)(=O)O)[C@@H]1O. The maximum absolute atomic E-state index is 13.1. The zero-order valence-corrected chi connectivity index (χ0v) is 48.8. The number of aliphatic hydroxyl groups excluding tert-OH is 11. The zero-order valence-electron chi connectivity index (χ0n) is 46.4. The first-order valence-electron chi connectivity index (χ1n) is 26.1. The Kier molecular flexibility index (Phi) is 25.3. The molecule has 6 aliphatic rings. The van der Waals surface area contributed by atoms with Crippen LogP contribution in [0.2, 0.25) is 0 Å². The Hall–Kier alpha value is -4.45. The number of carbonyl (C=O) groups is 6. The van der Waals surface area contributed by atoms with Crippen molar-refractivity contribution < 1.29 is 204 Å². The third kappa shape index (κ3) is 18.3. The summed E-state index contributed by atoms with van der Waals surface area (Å²) in [6.07, 6.45) is -67.8. The minimum atomic E-state index is -5.84. The Bertz CT molecular complexity index is 2920. The number of hydrogen-bond acceptors (Lipinski definition) is 37. The van der Waals surface area contributed by atoms with Crippen molar-refractivity contribution in [2.45, 2.75) is 205 Å². The normalized spacial score (nSPS) is 42.6. The van der Waals surface area contributed by atoms with E-state index >= 15 is 0 Å². The van der Waals surface area contributed by atoms with Crippen LogP contribution >= 0.6 is 0 Å². The zero-order chi connectivity index (χ0) is 68.4. The molecule has 0 spiro atoms. The molecule has 0 unspecified atom stereocenters. The quantitative estimate of drug-likeness (QED) is 0.0377. The van der Waals surface area contributed by atoms with Crippen LogP contribution in [0.4, 0.5) is 0 Å². The largest absolute Gasteiger partial charge is 0.479 e. The van der Waals surface area contributed by atoms with Gasteiger partial charge in [0.1, 0.15) is 128 Å². The number of carboxylic acid groups (broad SMARTS) is 3. The van der Waals surface area contributed by atoms with Gasteiger partial charge >= 0.3 is 49.1 Å². The molecule has 0 aromatic heterocycles. The molecule has 6 aliphatic heterocycles. The fraction of sp³-hybridized carbons (Fsp3) is 0.857. The monoisotopic (exact) mass is 1400 g/mol. The maximum atomic E-state index is 13.1. The minimum Gasteiger partial charge on any atom is -0.479 e. The molecule has 524 valence electrons. The van der Waals surface area contributed by atoms with Crippen LogP contribution in [0, 0.1) is 0 Å². The highest BCUT2D eigenvalue weighted by molar-refractivity contribution is 7.81. The number of aliphatic hydroxyl groups is 11. The van der Waals surface area contributed by atoms with E-state index in [2.05, 4.69) is 24.3 Å². The molecule has 6 rings (SSSR count). The first kappa shape index (κ1) is 75.6. The number of rotatable bonds is 25. The van der Waals surface area contributed by atoms with Crippen molar-refractivity contribution in [3.05, 3.63) is 0 Å². The third-order valence-electron chi connectivity index (χ3n) is 14.2. The summed E-state index contributed by atoms with van der Waals surface area (Å²) in [6.45, 7) is -1.89. The van der Waals surface area contributed by atoms with Gasteiger partial charge in [-0.25, -0.2) is 26.9 Å². The van der Waals surface area contributed by atoms with Gasteiger partial charge in [-0.15, -0.1) is 0 Å². The van der Waals surface area contributed by atoms with Crippen LogP contribution in [0.25, 0.3) is 0 Å². The van der Waals surface area contributed by atoms with E-state index in [0.717, 1.165) is 13.8 Å². The summed E-state index contributed by atoms with van der Waals surface area (Å²) in [4.78, 5) is 76.2. The lowest BCUT2D eigenvalue weighted by molar-refractivity contribution is -0.375. The molecule has 6 fully saturated rings. The Morgan fingerprint density at radius 2 is 0.626 bits per heavy atom. The second kappa shape index (κ2) is 30.5. The summed E-state index contributed by atoms with van der Waals surface area (Å²) in [5, 5.41) is 157. The number of carboxylic acids is 3. The highest BCUT2D eigenvalue weighted by Gasteiger charge is 2.61. The summed E-state index contributed by atoms with van der Waals surface area (Å²) in [5.74, 6) is -9.81. The van der Waals surface area contributed by atoms with Gasteiger partial charge in [0.2, 0.25) is 17.7 Å². The van der Waals surface area contributed by atoms with Crippen molar-refractivity contribution >= 4 is 66.8 Å². The van der Waals surface area contributed by atoms with Crippen molar-refractivity contribution in [3.8, 4) is 0 Å². The number of nitrogens with one attached hydrogen (secondary N) is 3. The molecule has 0 saturated carbocycles. The Labute approximate surface area is 510 Å². The average Bonchev–Trinajstić information content (AvgIpc) is 0.804. The first-order chi connectivity index (χ1) is 42.1. The van der Waals surface area contributed by atoms with E-state index in [1.165, 1.54) is 0 Å². The summed E-state index contributed by atoms with van der Waals surface area (Å²) in [7, 11) is -17.1. The molecule has 20 N–H and O–H groups in total. The fourth-order valence-electron chi connectivity index (χ4n) is 10.4. The smallest absolute Gasteiger partial charge is 0.397 e. The van der Waals surface area contributed by atoms with Crippen LogP contribution in [0.1, 0.15) is 20.8 Å².